The lowest BCUT2D eigenvalue weighted by Crippen LogP contribution is -2.22. The third-order valence-corrected chi connectivity index (χ3v) is 8.03. The Morgan fingerprint density at radius 1 is 1.16 bits per heavy atom. The lowest BCUT2D eigenvalue weighted by molar-refractivity contribution is -0.137. The van der Waals surface area contributed by atoms with E-state index in [0.29, 0.717) is 9.35 Å². The van der Waals surface area contributed by atoms with Crippen LogP contribution in [0, 0.1) is 0 Å². The van der Waals surface area contributed by atoms with Gasteiger partial charge in [0.1, 0.15) is 0 Å². The number of fused-ring (bicyclic) bond motifs is 1. The van der Waals surface area contributed by atoms with Crippen molar-refractivity contribution in [3.05, 3.63) is 72.3 Å². The van der Waals surface area contributed by atoms with Crippen LogP contribution >= 0.6 is 38.9 Å². The molecule has 0 atom stereocenters. The van der Waals surface area contributed by atoms with Gasteiger partial charge in [0.25, 0.3) is 5.16 Å². The highest BCUT2D eigenvalue weighted by molar-refractivity contribution is 9.11. The van der Waals surface area contributed by atoms with Gasteiger partial charge in [-0.3, -0.25) is 13.8 Å². The number of halogens is 5. The average molecular weight is 554 g/mol. The summed E-state index contributed by atoms with van der Waals surface area (Å²) in [5.74, 6) is -0.375. The molecule has 0 unspecified atom stereocenters. The molecule has 7 nitrogen and oxygen atoms in total. The normalized spacial score (nSPS) is 12.5. The monoisotopic (exact) mass is 552 g/mol. The Morgan fingerprint density at radius 3 is 2.55 bits per heavy atom. The number of thiophene rings is 1. The molecule has 0 fully saturated rings. The second-order valence-corrected chi connectivity index (χ2v) is 10.8. The summed E-state index contributed by atoms with van der Waals surface area (Å²) >= 11 is 10.5. The van der Waals surface area contributed by atoms with Crippen LogP contribution in [0.1, 0.15) is 11.1 Å². The van der Waals surface area contributed by atoms with Crippen LogP contribution in [-0.4, -0.2) is 27.6 Å². The molecule has 4 rings (SSSR count). The maximum atomic E-state index is 13.1. The molecule has 0 amide bonds. The van der Waals surface area contributed by atoms with Crippen LogP contribution in [0.2, 0.25) is 5.02 Å². The van der Waals surface area contributed by atoms with Crippen LogP contribution in [0.15, 0.2) is 55.8 Å². The zero-order valence-electron chi connectivity index (χ0n) is 15.0. The minimum atomic E-state index is -4.72. The van der Waals surface area contributed by atoms with Crippen molar-refractivity contribution in [2.75, 3.05) is 0 Å². The van der Waals surface area contributed by atoms with Crippen molar-refractivity contribution in [2.45, 2.75) is 17.1 Å². The number of alkyl halides is 3. The van der Waals surface area contributed by atoms with E-state index >= 15 is 0 Å². The summed E-state index contributed by atoms with van der Waals surface area (Å²) in [6, 6.07) is 4.77. The van der Waals surface area contributed by atoms with E-state index in [1.165, 1.54) is 23.6 Å². The molecule has 0 saturated heterocycles. The quantitative estimate of drug-likeness (QED) is 0.375. The van der Waals surface area contributed by atoms with E-state index in [1.807, 2.05) is 0 Å². The molecule has 162 valence electrons. The van der Waals surface area contributed by atoms with E-state index in [0.717, 1.165) is 27.3 Å². The minimum Gasteiger partial charge on any atom is -0.278 e. The van der Waals surface area contributed by atoms with Crippen molar-refractivity contribution < 1.29 is 21.6 Å². The molecule has 1 aromatic carbocycles. The zero-order valence-corrected chi connectivity index (χ0v) is 18.9. The molecule has 0 saturated carbocycles. The predicted molar refractivity (Wildman–Crippen MR) is 112 cm³/mol. The number of benzene rings is 1. The molecule has 0 aliphatic carbocycles. The highest BCUT2D eigenvalue weighted by Gasteiger charge is 2.34. The Balaban J connectivity index is 1.83. The van der Waals surface area contributed by atoms with Gasteiger partial charge in [0, 0.05) is 12.4 Å². The summed E-state index contributed by atoms with van der Waals surface area (Å²) in [6.07, 6.45) is -2.42. The van der Waals surface area contributed by atoms with Crippen molar-refractivity contribution >= 4 is 54.4 Å². The van der Waals surface area contributed by atoms with Crippen LogP contribution in [0.5, 0.6) is 0 Å². The molecular formula is C17H9BrClF3N4O3S2. The van der Waals surface area contributed by atoms with Crippen molar-refractivity contribution in [1.29, 1.82) is 0 Å². The molecule has 0 aliphatic rings. The molecule has 31 heavy (non-hydrogen) atoms. The summed E-state index contributed by atoms with van der Waals surface area (Å²) in [7, 11) is -3.97. The molecule has 0 bridgehead atoms. The fourth-order valence-corrected chi connectivity index (χ4v) is 6.12. The van der Waals surface area contributed by atoms with Crippen LogP contribution in [0.3, 0.4) is 0 Å². The number of nitrogens with zero attached hydrogens (tertiary/aromatic N) is 4. The molecule has 0 spiro atoms. The summed E-state index contributed by atoms with van der Waals surface area (Å²) in [6.45, 7) is 0. The van der Waals surface area contributed by atoms with E-state index in [-0.39, 0.29) is 17.1 Å². The Bertz CT molecular complexity index is 1480. The van der Waals surface area contributed by atoms with E-state index < -0.39 is 37.3 Å². The Kier molecular flexibility index (Phi) is 5.48. The average Bonchev–Trinajstić information content (AvgIpc) is 3.29. The van der Waals surface area contributed by atoms with Crippen LogP contribution in [0.4, 0.5) is 13.2 Å². The van der Waals surface area contributed by atoms with Gasteiger partial charge < -0.3 is 0 Å². The summed E-state index contributed by atoms with van der Waals surface area (Å²) in [5.41, 5.74) is -2.07. The highest BCUT2D eigenvalue weighted by Crippen LogP contribution is 2.37. The number of rotatable bonds is 4. The second kappa shape index (κ2) is 7.73. The van der Waals surface area contributed by atoms with Gasteiger partial charge in [0.05, 0.1) is 25.8 Å². The first kappa shape index (κ1) is 22.0. The Hall–Kier alpha value is -2.22. The van der Waals surface area contributed by atoms with Gasteiger partial charge in [-0.2, -0.15) is 13.2 Å². The number of aromatic nitrogens is 4. The van der Waals surface area contributed by atoms with Gasteiger partial charge in [-0.05, 0) is 45.1 Å². The second-order valence-electron chi connectivity index (χ2n) is 6.26. The summed E-state index contributed by atoms with van der Waals surface area (Å²) in [4.78, 5) is 12.9. The molecular weight excluding hydrogens is 545 g/mol. The molecule has 3 aromatic heterocycles. The molecule has 4 aromatic rings. The molecule has 14 heteroatoms. The maximum absolute atomic E-state index is 13.1. The van der Waals surface area contributed by atoms with E-state index in [1.54, 1.807) is 11.4 Å². The van der Waals surface area contributed by atoms with Crippen LogP contribution in [-0.2, 0) is 21.8 Å². The van der Waals surface area contributed by atoms with Crippen molar-refractivity contribution in [1.82, 2.24) is 19.2 Å². The Morgan fingerprint density at radius 2 is 1.90 bits per heavy atom. The van der Waals surface area contributed by atoms with Crippen LogP contribution in [0.25, 0.3) is 11.3 Å². The fraction of sp³-hybridized carbons (Fsp3) is 0.118. The lowest BCUT2D eigenvalue weighted by atomic mass is 10.2. The minimum absolute atomic E-state index is 0.224. The highest BCUT2D eigenvalue weighted by atomic mass is 79.9. The number of sulfone groups is 1. The first-order chi connectivity index (χ1) is 14.5. The number of hydrogen-bond acceptors (Lipinski definition) is 6. The van der Waals surface area contributed by atoms with Crippen molar-refractivity contribution in [3.63, 3.8) is 0 Å². The molecule has 0 radical (unpaired) electrons. The van der Waals surface area contributed by atoms with Gasteiger partial charge in [-0.1, -0.05) is 17.7 Å². The first-order valence-corrected chi connectivity index (χ1v) is 12.0. The lowest BCUT2D eigenvalue weighted by Gasteiger charge is -2.13. The van der Waals surface area contributed by atoms with Gasteiger partial charge in [-0.25, -0.2) is 8.42 Å². The number of hydrogen-bond donors (Lipinski definition) is 0. The molecule has 0 N–H and O–H groups in total. The van der Waals surface area contributed by atoms with Crippen molar-refractivity contribution in [2.24, 2.45) is 0 Å². The summed E-state index contributed by atoms with van der Waals surface area (Å²) in [5, 5.41) is 7.88. The van der Waals surface area contributed by atoms with E-state index in [9.17, 15) is 26.4 Å². The smallest absolute Gasteiger partial charge is 0.278 e. The molecule has 0 aliphatic heterocycles. The Labute approximate surface area is 189 Å². The van der Waals surface area contributed by atoms with E-state index in [2.05, 4.69) is 26.1 Å². The SMILES string of the molecule is O=c1c2nnc(S(=O)(=O)Cc3ccsc3Br)n2ccn1-c1cccc(C(F)(F)F)c1Cl. The van der Waals surface area contributed by atoms with Crippen LogP contribution < -0.4 is 5.56 Å². The third kappa shape index (κ3) is 3.90. The van der Waals surface area contributed by atoms with Gasteiger partial charge >= 0.3 is 11.7 Å². The van der Waals surface area contributed by atoms with Gasteiger partial charge in [0.2, 0.25) is 15.5 Å². The maximum Gasteiger partial charge on any atom is 0.417 e. The largest absolute Gasteiger partial charge is 0.417 e. The standard InChI is InChI=1S/C17H9BrClF3N4O3S2/c18-13-9(4-7-30-13)8-31(28,29)16-24-23-14-15(27)25(5-6-26(14)16)11-3-1-2-10(12(11)19)17(20,21)22/h1-7H,8H2. The fourth-order valence-electron chi connectivity index (χ4n) is 2.88. The van der Waals surface area contributed by atoms with E-state index in [4.69, 9.17) is 11.6 Å². The molecule has 3 heterocycles. The first-order valence-electron chi connectivity index (χ1n) is 8.28. The zero-order chi connectivity index (χ0) is 22.6. The van der Waals surface area contributed by atoms with Crippen molar-refractivity contribution in [3.8, 4) is 5.69 Å². The summed E-state index contributed by atoms with van der Waals surface area (Å²) < 4.78 is 67.5. The topological polar surface area (TPSA) is 86.3 Å². The van der Waals surface area contributed by atoms with Gasteiger partial charge in [0.15, 0.2) is 0 Å². The van der Waals surface area contributed by atoms with Gasteiger partial charge in [-0.15, -0.1) is 21.5 Å². The third-order valence-electron chi connectivity index (χ3n) is 4.30. The predicted octanol–water partition coefficient (Wildman–Crippen LogP) is 4.35.